The number of ether oxygens (including phenoxy) is 1. The van der Waals surface area contributed by atoms with Gasteiger partial charge in [-0.3, -0.25) is 4.79 Å². The van der Waals surface area contributed by atoms with Crippen molar-refractivity contribution in [2.75, 3.05) is 25.4 Å². The number of esters is 1. The summed E-state index contributed by atoms with van der Waals surface area (Å²) in [7, 11) is -3.26. The minimum absolute atomic E-state index is 0.0489. The molecule has 0 aromatic heterocycles. The molecule has 0 aromatic carbocycles. The summed E-state index contributed by atoms with van der Waals surface area (Å²) >= 11 is 0. The fraction of sp³-hybridized carbons (Fsp3) is 0.900. The van der Waals surface area contributed by atoms with Crippen LogP contribution in [0.1, 0.15) is 32.6 Å². The Labute approximate surface area is 96.8 Å². The minimum Gasteiger partial charge on any atom is -0.466 e. The van der Waals surface area contributed by atoms with E-state index in [9.17, 15) is 13.2 Å². The number of carbonyl (C=O) groups excluding carboxylic acids is 1. The van der Waals surface area contributed by atoms with E-state index in [1.54, 1.807) is 6.92 Å². The monoisotopic (exact) mass is 249 g/mol. The van der Waals surface area contributed by atoms with E-state index in [0.29, 0.717) is 19.7 Å². The van der Waals surface area contributed by atoms with Gasteiger partial charge in [0.1, 0.15) is 0 Å². The molecule has 1 aliphatic heterocycles. The van der Waals surface area contributed by atoms with Crippen molar-refractivity contribution in [1.82, 2.24) is 4.31 Å². The van der Waals surface area contributed by atoms with E-state index in [4.69, 9.17) is 4.74 Å². The molecule has 16 heavy (non-hydrogen) atoms. The smallest absolute Gasteiger partial charge is 0.306 e. The van der Waals surface area contributed by atoms with Gasteiger partial charge in [0.25, 0.3) is 0 Å². The third-order valence-electron chi connectivity index (χ3n) is 2.58. The molecule has 0 unspecified atom stereocenters. The van der Waals surface area contributed by atoms with Gasteiger partial charge in [-0.25, -0.2) is 12.7 Å². The molecule has 1 fully saturated rings. The van der Waals surface area contributed by atoms with E-state index in [0.717, 1.165) is 19.3 Å². The highest BCUT2D eigenvalue weighted by Gasteiger charge is 2.24. The number of rotatable bonds is 5. The SMILES string of the molecule is CCOC(=O)CCS(=O)(=O)N1CCCCC1. The zero-order chi connectivity index (χ0) is 12.0. The van der Waals surface area contributed by atoms with Crippen molar-refractivity contribution in [2.24, 2.45) is 0 Å². The molecule has 1 saturated heterocycles. The molecule has 0 bridgehead atoms. The summed E-state index contributed by atoms with van der Waals surface area (Å²) < 4.78 is 29.8. The molecule has 1 heterocycles. The minimum atomic E-state index is -3.26. The third-order valence-corrected chi connectivity index (χ3v) is 4.45. The van der Waals surface area contributed by atoms with Crippen LogP contribution in [0.25, 0.3) is 0 Å². The zero-order valence-corrected chi connectivity index (χ0v) is 10.5. The summed E-state index contributed by atoms with van der Waals surface area (Å²) in [6.07, 6.45) is 2.87. The maximum Gasteiger partial charge on any atom is 0.306 e. The molecule has 0 amide bonds. The van der Waals surface area contributed by atoms with Gasteiger partial charge in [0.2, 0.25) is 10.0 Å². The van der Waals surface area contributed by atoms with Crippen LogP contribution in [0.3, 0.4) is 0 Å². The van der Waals surface area contributed by atoms with Crippen LogP contribution in [-0.2, 0) is 19.6 Å². The predicted octanol–water partition coefficient (Wildman–Crippen LogP) is 0.755. The largest absolute Gasteiger partial charge is 0.466 e. The van der Waals surface area contributed by atoms with E-state index in [2.05, 4.69) is 0 Å². The lowest BCUT2D eigenvalue weighted by molar-refractivity contribution is -0.142. The number of hydrogen-bond donors (Lipinski definition) is 0. The van der Waals surface area contributed by atoms with Crippen LogP contribution in [0.2, 0.25) is 0 Å². The van der Waals surface area contributed by atoms with Gasteiger partial charge in [-0.15, -0.1) is 0 Å². The van der Waals surface area contributed by atoms with Crippen LogP contribution in [0.5, 0.6) is 0 Å². The van der Waals surface area contributed by atoms with Crippen molar-refractivity contribution in [2.45, 2.75) is 32.6 Å². The Morgan fingerprint density at radius 3 is 2.44 bits per heavy atom. The molecule has 0 aromatic rings. The molecule has 0 radical (unpaired) electrons. The van der Waals surface area contributed by atoms with Gasteiger partial charge in [0.05, 0.1) is 18.8 Å². The van der Waals surface area contributed by atoms with Crippen molar-refractivity contribution in [3.05, 3.63) is 0 Å². The van der Waals surface area contributed by atoms with Crippen LogP contribution in [-0.4, -0.2) is 44.1 Å². The first-order valence-electron chi connectivity index (χ1n) is 5.69. The average molecular weight is 249 g/mol. The standard InChI is InChI=1S/C10H19NO4S/c1-2-15-10(12)6-9-16(13,14)11-7-4-3-5-8-11/h2-9H2,1H3. The van der Waals surface area contributed by atoms with Gasteiger partial charge in [0.15, 0.2) is 0 Å². The van der Waals surface area contributed by atoms with E-state index >= 15 is 0 Å². The van der Waals surface area contributed by atoms with Crippen molar-refractivity contribution in [1.29, 1.82) is 0 Å². The molecule has 0 N–H and O–H groups in total. The summed E-state index contributed by atoms with van der Waals surface area (Å²) in [5.41, 5.74) is 0. The highest BCUT2D eigenvalue weighted by Crippen LogP contribution is 2.14. The summed E-state index contributed by atoms with van der Waals surface area (Å²) in [4.78, 5) is 11.1. The summed E-state index contributed by atoms with van der Waals surface area (Å²) in [6, 6.07) is 0. The lowest BCUT2D eigenvalue weighted by atomic mass is 10.2. The second-order valence-electron chi connectivity index (χ2n) is 3.83. The highest BCUT2D eigenvalue weighted by molar-refractivity contribution is 7.89. The van der Waals surface area contributed by atoms with Crippen molar-refractivity contribution >= 4 is 16.0 Å². The van der Waals surface area contributed by atoms with Gasteiger partial charge in [-0.2, -0.15) is 0 Å². The Bertz CT molecular complexity index is 320. The van der Waals surface area contributed by atoms with E-state index in [-0.39, 0.29) is 12.2 Å². The van der Waals surface area contributed by atoms with Crippen LogP contribution < -0.4 is 0 Å². The van der Waals surface area contributed by atoms with E-state index in [1.165, 1.54) is 4.31 Å². The van der Waals surface area contributed by atoms with Crippen molar-refractivity contribution < 1.29 is 17.9 Å². The molecule has 0 saturated carbocycles. The number of carbonyl (C=O) groups is 1. The number of nitrogens with zero attached hydrogens (tertiary/aromatic N) is 1. The normalized spacial score (nSPS) is 18.3. The molecule has 5 nitrogen and oxygen atoms in total. The van der Waals surface area contributed by atoms with Crippen LogP contribution in [0, 0.1) is 0 Å². The maximum atomic E-state index is 11.8. The van der Waals surface area contributed by atoms with Gasteiger partial charge >= 0.3 is 5.97 Å². The van der Waals surface area contributed by atoms with Gasteiger partial charge < -0.3 is 4.74 Å². The molecule has 0 spiro atoms. The van der Waals surface area contributed by atoms with Crippen LogP contribution in [0.15, 0.2) is 0 Å². The van der Waals surface area contributed by atoms with Crippen LogP contribution in [0.4, 0.5) is 0 Å². The van der Waals surface area contributed by atoms with Gasteiger partial charge in [0, 0.05) is 13.1 Å². The fourth-order valence-corrected chi connectivity index (χ4v) is 3.21. The first kappa shape index (κ1) is 13.4. The molecular formula is C10H19NO4S. The van der Waals surface area contributed by atoms with E-state index in [1.807, 2.05) is 0 Å². The van der Waals surface area contributed by atoms with Gasteiger partial charge in [-0.1, -0.05) is 6.42 Å². The quantitative estimate of drug-likeness (QED) is 0.675. The predicted molar refractivity (Wildman–Crippen MR) is 60.5 cm³/mol. The molecule has 6 heteroatoms. The Hall–Kier alpha value is -0.620. The molecule has 0 aliphatic carbocycles. The Morgan fingerprint density at radius 1 is 1.25 bits per heavy atom. The molecule has 1 rings (SSSR count). The fourth-order valence-electron chi connectivity index (χ4n) is 1.72. The Morgan fingerprint density at radius 2 is 1.88 bits per heavy atom. The van der Waals surface area contributed by atoms with Crippen molar-refractivity contribution in [3.63, 3.8) is 0 Å². The first-order chi connectivity index (χ1) is 7.56. The molecule has 0 atom stereocenters. The topological polar surface area (TPSA) is 63.7 Å². The first-order valence-corrected chi connectivity index (χ1v) is 7.30. The number of sulfonamides is 1. The third kappa shape index (κ3) is 4.09. The van der Waals surface area contributed by atoms with Crippen molar-refractivity contribution in [3.8, 4) is 0 Å². The zero-order valence-electron chi connectivity index (χ0n) is 9.65. The van der Waals surface area contributed by atoms with Crippen LogP contribution >= 0.6 is 0 Å². The summed E-state index contributed by atoms with van der Waals surface area (Å²) in [6.45, 7) is 3.18. The van der Waals surface area contributed by atoms with E-state index < -0.39 is 16.0 Å². The molecule has 94 valence electrons. The lowest BCUT2D eigenvalue weighted by Crippen LogP contribution is -2.37. The molecular weight excluding hydrogens is 230 g/mol. The summed E-state index contributed by atoms with van der Waals surface area (Å²) in [5.74, 6) is -0.575. The number of hydrogen-bond acceptors (Lipinski definition) is 4. The second-order valence-corrected chi connectivity index (χ2v) is 5.92. The second kappa shape index (κ2) is 6.20. The average Bonchev–Trinajstić information content (AvgIpc) is 2.28. The highest BCUT2D eigenvalue weighted by atomic mass is 32.2. The maximum absolute atomic E-state index is 11.8. The van der Waals surface area contributed by atoms with Gasteiger partial charge in [-0.05, 0) is 19.8 Å². The molecule has 1 aliphatic rings. The lowest BCUT2D eigenvalue weighted by Gasteiger charge is -2.25. The summed E-state index contributed by atoms with van der Waals surface area (Å²) in [5, 5.41) is 0. The Kier molecular flexibility index (Phi) is 5.21. The Balaban J connectivity index is 2.41. The number of piperidine rings is 1.